The van der Waals surface area contributed by atoms with E-state index in [4.69, 9.17) is 9.47 Å². The minimum atomic E-state index is -3.17. The maximum absolute atomic E-state index is 12.4. The Kier molecular flexibility index (Phi) is 7.81. The van der Waals surface area contributed by atoms with Gasteiger partial charge in [-0.25, -0.2) is 13.1 Å². The zero-order valence-electron chi connectivity index (χ0n) is 19.9. The molecule has 0 aromatic heterocycles. The molecule has 0 radical (unpaired) electrons. The number of hydrogen-bond donors (Lipinski definition) is 2. The van der Waals surface area contributed by atoms with Gasteiger partial charge in [-0.05, 0) is 102 Å². The number of nitrogens with one attached hydrogen (secondary N) is 2. The number of ether oxygens (including phenoxy) is 2. The Bertz CT molecular complexity index is 876. The molecule has 1 aliphatic heterocycles. The summed E-state index contributed by atoms with van der Waals surface area (Å²) < 4.78 is 40.1. The highest BCUT2D eigenvalue weighted by molar-refractivity contribution is 7.90. The molecule has 2 aliphatic carbocycles. The molecule has 2 N–H and O–H groups in total. The van der Waals surface area contributed by atoms with Crippen molar-refractivity contribution in [3.05, 3.63) is 28.8 Å². The summed E-state index contributed by atoms with van der Waals surface area (Å²) in [4.78, 5) is 0. The normalized spacial score (nSPS) is 29.1. The van der Waals surface area contributed by atoms with E-state index in [1.54, 1.807) is 0 Å². The Labute approximate surface area is 193 Å². The molecule has 3 aliphatic rings. The SMILES string of the molecule is CCOc1ccc(C)c(C)c1[C@H]1CC[C@@H](OC[C@@H]2NCCC[C@@H]2NS(=O)(=O)C2CC2)CC1. The Hall–Kier alpha value is -1.15. The fraction of sp³-hybridized carbons (Fsp3) is 0.760. The summed E-state index contributed by atoms with van der Waals surface area (Å²) in [6.07, 6.45) is 8.00. The number of rotatable bonds is 9. The minimum absolute atomic E-state index is 0.0542. The smallest absolute Gasteiger partial charge is 0.214 e. The molecule has 2 saturated carbocycles. The van der Waals surface area contributed by atoms with Crippen LogP contribution in [-0.2, 0) is 14.8 Å². The van der Waals surface area contributed by atoms with E-state index in [0.29, 0.717) is 19.1 Å². The summed E-state index contributed by atoms with van der Waals surface area (Å²) in [7, 11) is -3.17. The zero-order valence-corrected chi connectivity index (χ0v) is 20.7. The number of benzene rings is 1. The van der Waals surface area contributed by atoms with Crippen LogP contribution in [0.3, 0.4) is 0 Å². The molecule has 7 heteroatoms. The third-order valence-electron chi connectivity index (χ3n) is 7.50. The second kappa shape index (κ2) is 10.4. The molecule has 180 valence electrons. The Morgan fingerprint density at radius 3 is 2.50 bits per heavy atom. The van der Waals surface area contributed by atoms with Gasteiger partial charge in [-0.2, -0.15) is 0 Å². The molecule has 0 spiro atoms. The molecule has 1 aromatic carbocycles. The molecule has 1 heterocycles. The predicted octanol–water partition coefficient (Wildman–Crippen LogP) is 3.95. The first kappa shape index (κ1) is 24.0. The van der Waals surface area contributed by atoms with Crippen molar-refractivity contribution < 1.29 is 17.9 Å². The molecule has 0 unspecified atom stereocenters. The average molecular weight is 465 g/mol. The summed E-state index contributed by atoms with van der Waals surface area (Å²) in [5.74, 6) is 1.55. The molecular formula is C25H40N2O4S. The van der Waals surface area contributed by atoms with Gasteiger partial charge in [0.05, 0.1) is 24.6 Å². The fourth-order valence-corrected chi connectivity index (χ4v) is 6.97. The van der Waals surface area contributed by atoms with Crippen LogP contribution in [0.25, 0.3) is 0 Å². The third kappa shape index (κ3) is 5.66. The first-order valence-electron chi connectivity index (χ1n) is 12.5. The van der Waals surface area contributed by atoms with E-state index in [9.17, 15) is 8.42 Å². The number of piperidine rings is 1. The van der Waals surface area contributed by atoms with Crippen LogP contribution in [0.15, 0.2) is 12.1 Å². The van der Waals surface area contributed by atoms with Gasteiger partial charge in [0, 0.05) is 17.6 Å². The molecule has 0 amide bonds. The van der Waals surface area contributed by atoms with E-state index in [0.717, 1.165) is 63.7 Å². The first-order valence-corrected chi connectivity index (χ1v) is 14.0. The van der Waals surface area contributed by atoms with Gasteiger partial charge in [0.15, 0.2) is 0 Å². The first-order chi connectivity index (χ1) is 15.4. The van der Waals surface area contributed by atoms with Crippen molar-refractivity contribution in [2.75, 3.05) is 19.8 Å². The summed E-state index contributed by atoms with van der Waals surface area (Å²) in [5.41, 5.74) is 4.07. The van der Waals surface area contributed by atoms with Crippen molar-refractivity contribution in [2.45, 2.75) is 101 Å². The molecule has 6 nitrogen and oxygen atoms in total. The van der Waals surface area contributed by atoms with Crippen molar-refractivity contribution in [1.29, 1.82) is 0 Å². The van der Waals surface area contributed by atoms with E-state index < -0.39 is 10.0 Å². The van der Waals surface area contributed by atoms with Gasteiger partial charge in [0.25, 0.3) is 0 Å². The third-order valence-corrected chi connectivity index (χ3v) is 9.48. The van der Waals surface area contributed by atoms with E-state index in [1.165, 1.54) is 16.7 Å². The highest BCUT2D eigenvalue weighted by Gasteiger charge is 2.39. The summed E-state index contributed by atoms with van der Waals surface area (Å²) in [5, 5.41) is 3.32. The van der Waals surface area contributed by atoms with E-state index in [-0.39, 0.29) is 23.4 Å². The predicted molar refractivity (Wildman–Crippen MR) is 128 cm³/mol. The van der Waals surface area contributed by atoms with Crippen molar-refractivity contribution in [3.63, 3.8) is 0 Å². The van der Waals surface area contributed by atoms with Crippen molar-refractivity contribution >= 4 is 10.0 Å². The van der Waals surface area contributed by atoms with Gasteiger partial charge < -0.3 is 14.8 Å². The largest absolute Gasteiger partial charge is 0.494 e. The lowest BCUT2D eigenvalue weighted by atomic mass is 9.80. The summed E-state index contributed by atoms with van der Waals surface area (Å²) in [6, 6.07) is 4.28. The topological polar surface area (TPSA) is 76.7 Å². The highest BCUT2D eigenvalue weighted by Crippen LogP contribution is 2.41. The van der Waals surface area contributed by atoms with Gasteiger partial charge in [-0.1, -0.05) is 6.07 Å². The van der Waals surface area contributed by atoms with Crippen LogP contribution >= 0.6 is 0 Å². The van der Waals surface area contributed by atoms with Crippen LogP contribution in [0.1, 0.15) is 80.9 Å². The van der Waals surface area contributed by atoms with Crippen molar-refractivity contribution in [2.24, 2.45) is 0 Å². The monoisotopic (exact) mass is 464 g/mol. The highest BCUT2D eigenvalue weighted by atomic mass is 32.2. The Balaban J connectivity index is 1.31. The maximum Gasteiger partial charge on any atom is 0.214 e. The molecular weight excluding hydrogens is 424 g/mol. The molecule has 1 saturated heterocycles. The quantitative estimate of drug-likeness (QED) is 0.579. The van der Waals surface area contributed by atoms with Crippen LogP contribution in [0.4, 0.5) is 0 Å². The lowest BCUT2D eigenvalue weighted by Gasteiger charge is -2.35. The standard InChI is InChI=1S/C25H40N2O4S/c1-4-30-24-14-7-17(2)18(3)25(24)19-8-10-20(11-9-19)31-16-23-22(6-5-15-26-23)27-32(28,29)21-12-13-21/h7,14,19-23,26-27H,4-6,8-13,15-16H2,1-3H3/t19-,20+,22-,23-/m0/s1. The van der Waals surface area contributed by atoms with Crippen LogP contribution in [-0.4, -0.2) is 51.6 Å². The zero-order chi connectivity index (χ0) is 22.7. The molecule has 3 fully saturated rings. The molecule has 1 aromatic rings. The van der Waals surface area contributed by atoms with Gasteiger partial charge in [0.1, 0.15) is 5.75 Å². The summed E-state index contributed by atoms with van der Waals surface area (Å²) in [6.45, 7) is 8.62. The Morgan fingerprint density at radius 1 is 1.06 bits per heavy atom. The number of sulfonamides is 1. The van der Waals surface area contributed by atoms with Gasteiger partial charge >= 0.3 is 0 Å². The molecule has 2 atom stereocenters. The van der Waals surface area contributed by atoms with Crippen LogP contribution in [0, 0.1) is 13.8 Å². The average Bonchev–Trinajstić information content (AvgIpc) is 3.63. The number of hydrogen-bond acceptors (Lipinski definition) is 5. The molecule has 4 rings (SSSR count). The number of aryl methyl sites for hydroxylation is 1. The van der Waals surface area contributed by atoms with E-state index in [1.807, 2.05) is 6.92 Å². The Morgan fingerprint density at radius 2 is 1.81 bits per heavy atom. The van der Waals surface area contributed by atoms with Crippen molar-refractivity contribution in [1.82, 2.24) is 10.0 Å². The van der Waals surface area contributed by atoms with Crippen LogP contribution in [0.2, 0.25) is 0 Å². The van der Waals surface area contributed by atoms with Gasteiger partial charge in [-0.15, -0.1) is 0 Å². The van der Waals surface area contributed by atoms with Gasteiger partial charge in [-0.3, -0.25) is 0 Å². The van der Waals surface area contributed by atoms with Crippen molar-refractivity contribution in [3.8, 4) is 5.75 Å². The van der Waals surface area contributed by atoms with Gasteiger partial charge in [0.2, 0.25) is 10.0 Å². The molecule has 32 heavy (non-hydrogen) atoms. The summed E-state index contributed by atoms with van der Waals surface area (Å²) >= 11 is 0. The molecule has 0 bridgehead atoms. The van der Waals surface area contributed by atoms with Crippen LogP contribution < -0.4 is 14.8 Å². The minimum Gasteiger partial charge on any atom is -0.494 e. The van der Waals surface area contributed by atoms with E-state index in [2.05, 4.69) is 36.0 Å². The maximum atomic E-state index is 12.4. The van der Waals surface area contributed by atoms with Crippen LogP contribution in [0.5, 0.6) is 5.75 Å². The second-order valence-corrected chi connectivity index (χ2v) is 11.8. The lowest BCUT2D eigenvalue weighted by Crippen LogP contribution is -2.56. The second-order valence-electron chi connectivity index (χ2n) is 9.83. The fourth-order valence-electron chi connectivity index (χ4n) is 5.31. The lowest BCUT2D eigenvalue weighted by molar-refractivity contribution is 0.00506. The van der Waals surface area contributed by atoms with E-state index >= 15 is 0 Å².